The summed E-state index contributed by atoms with van der Waals surface area (Å²) in [6.45, 7) is 0.644. The Morgan fingerprint density at radius 3 is 2.84 bits per heavy atom. The molecule has 3 nitrogen and oxygen atoms in total. The molecule has 1 unspecified atom stereocenters. The highest BCUT2D eigenvalue weighted by atomic mass is 16.3. The number of phenols is 1. The molecule has 0 saturated carbocycles. The summed E-state index contributed by atoms with van der Waals surface area (Å²) in [5.41, 5.74) is 3.20. The van der Waals surface area contributed by atoms with Crippen LogP contribution in [0.1, 0.15) is 27.4 Å². The van der Waals surface area contributed by atoms with Gasteiger partial charge in [0.15, 0.2) is 0 Å². The first-order chi connectivity index (χ1) is 9.24. The molecule has 2 aromatic rings. The van der Waals surface area contributed by atoms with Crippen LogP contribution in [0.15, 0.2) is 48.5 Å². The maximum atomic E-state index is 11.9. The largest absolute Gasteiger partial charge is 0.508 e. The Bertz CT molecular complexity index is 622. The second kappa shape index (κ2) is 4.76. The second-order valence-electron chi connectivity index (χ2n) is 4.86. The lowest BCUT2D eigenvalue weighted by Crippen LogP contribution is -2.33. The topological polar surface area (TPSA) is 49.3 Å². The van der Waals surface area contributed by atoms with Crippen molar-refractivity contribution in [1.82, 2.24) is 5.32 Å². The fourth-order valence-corrected chi connectivity index (χ4v) is 2.51. The van der Waals surface area contributed by atoms with Crippen LogP contribution in [-0.4, -0.2) is 17.6 Å². The number of hydrogen-bond donors (Lipinski definition) is 2. The summed E-state index contributed by atoms with van der Waals surface area (Å²) in [5.74, 6) is 0.388. The number of aromatic hydroxyl groups is 1. The lowest BCUT2D eigenvalue weighted by molar-refractivity contribution is 0.0949. The zero-order valence-corrected chi connectivity index (χ0v) is 10.5. The molecule has 1 aliphatic carbocycles. The minimum atomic E-state index is -0.139. The van der Waals surface area contributed by atoms with Crippen LogP contribution in [0.5, 0.6) is 5.75 Å². The summed E-state index contributed by atoms with van der Waals surface area (Å²) in [6, 6.07) is 14.7. The third kappa shape index (κ3) is 2.32. The van der Waals surface area contributed by atoms with E-state index in [0.29, 0.717) is 18.0 Å². The number of hydrogen-bond acceptors (Lipinski definition) is 2. The molecule has 3 rings (SSSR count). The Hall–Kier alpha value is -2.29. The molecule has 19 heavy (non-hydrogen) atoms. The first-order valence-corrected chi connectivity index (χ1v) is 6.39. The third-order valence-corrected chi connectivity index (χ3v) is 3.58. The number of amides is 1. The van der Waals surface area contributed by atoms with Gasteiger partial charge in [-0.3, -0.25) is 4.79 Å². The van der Waals surface area contributed by atoms with Gasteiger partial charge in [-0.2, -0.15) is 0 Å². The number of nitrogens with one attached hydrogen (secondary N) is 1. The molecule has 0 radical (unpaired) electrons. The SMILES string of the molecule is O=C(NCC1Cc2ccccc21)c1cccc(O)c1. The van der Waals surface area contributed by atoms with Crippen molar-refractivity contribution >= 4 is 5.91 Å². The van der Waals surface area contributed by atoms with Crippen molar-refractivity contribution in [3.8, 4) is 5.75 Å². The Labute approximate surface area is 111 Å². The molecular formula is C16H15NO2. The third-order valence-electron chi connectivity index (χ3n) is 3.58. The average molecular weight is 253 g/mol. The van der Waals surface area contributed by atoms with Gasteiger partial charge >= 0.3 is 0 Å². The van der Waals surface area contributed by atoms with Gasteiger partial charge in [0.1, 0.15) is 5.75 Å². The first kappa shape index (κ1) is 11.8. The number of carbonyl (C=O) groups is 1. The second-order valence-corrected chi connectivity index (χ2v) is 4.86. The lowest BCUT2D eigenvalue weighted by Gasteiger charge is -2.30. The summed E-state index contributed by atoms with van der Waals surface area (Å²) >= 11 is 0. The Kier molecular flexibility index (Phi) is 2.95. The van der Waals surface area contributed by atoms with Crippen LogP contribution in [0.2, 0.25) is 0 Å². The smallest absolute Gasteiger partial charge is 0.251 e. The molecule has 0 saturated heterocycles. The van der Waals surface area contributed by atoms with Gasteiger partial charge in [-0.1, -0.05) is 30.3 Å². The van der Waals surface area contributed by atoms with Crippen LogP contribution in [-0.2, 0) is 6.42 Å². The molecule has 0 heterocycles. The van der Waals surface area contributed by atoms with Gasteiger partial charge in [0.2, 0.25) is 0 Å². The van der Waals surface area contributed by atoms with E-state index < -0.39 is 0 Å². The molecule has 96 valence electrons. The fraction of sp³-hybridized carbons (Fsp3) is 0.188. The normalized spacial score (nSPS) is 16.3. The molecular weight excluding hydrogens is 238 g/mol. The van der Waals surface area contributed by atoms with Crippen LogP contribution in [0.4, 0.5) is 0 Å². The number of carbonyl (C=O) groups excluding carboxylic acids is 1. The van der Waals surface area contributed by atoms with Gasteiger partial charge in [-0.25, -0.2) is 0 Å². The van der Waals surface area contributed by atoms with Crippen molar-refractivity contribution in [2.45, 2.75) is 12.3 Å². The minimum absolute atomic E-state index is 0.113. The predicted octanol–water partition coefficient (Wildman–Crippen LogP) is 2.46. The van der Waals surface area contributed by atoms with Crippen molar-refractivity contribution in [1.29, 1.82) is 0 Å². The van der Waals surface area contributed by atoms with Gasteiger partial charge < -0.3 is 10.4 Å². The number of rotatable bonds is 3. The van der Waals surface area contributed by atoms with Crippen LogP contribution >= 0.6 is 0 Å². The molecule has 2 aromatic carbocycles. The molecule has 2 N–H and O–H groups in total. The van der Waals surface area contributed by atoms with Crippen molar-refractivity contribution in [2.75, 3.05) is 6.54 Å². The molecule has 1 amide bonds. The maximum absolute atomic E-state index is 11.9. The first-order valence-electron chi connectivity index (χ1n) is 6.39. The standard InChI is InChI=1S/C16H15NO2/c18-14-6-3-5-12(9-14)16(19)17-10-13-8-11-4-1-2-7-15(11)13/h1-7,9,13,18H,8,10H2,(H,17,19). The lowest BCUT2D eigenvalue weighted by atomic mass is 9.77. The van der Waals surface area contributed by atoms with Crippen molar-refractivity contribution in [3.05, 3.63) is 65.2 Å². The van der Waals surface area contributed by atoms with Gasteiger partial charge in [0.25, 0.3) is 5.91 Å². The van der Waals surface area contributed by atoms with Gasteiger partial charge in [0, 0.05) is 18.0 Å². The fourth-order valence-electron chi connectivity index (χ4n) is 2.51. The summed E-state index contributed by atoms with van der Waals surface area (Å²) in [5, 5.41) is 12.3. The van der Waals surface area contributed by atoms with E-state index in [4.69, 9.17) is 0 Å². The van der Waals surface area contributed by atoms with Crippen LogP contribution in [0.25, 0.3) is 0 Å². The van der Waals surface area contributed by atoms with Crippen LogP contribution in [0.3, 0.4) is 0 Å². The van der Waals surface area contributed by atoms with E-state index in [1.807, 2.05) is 12.1 Å². The Morgan fingerprint density at radius 2 is 2.05 bits per heavy atom. The van der Waals surface area contributed by atoms with E-state index in [0.717, 1.165) is 6.42 Å². The highest BCUT2D eigenvalue weighted by Crippen LogP contribution is 2.34. The number of benzene rings is 2. The molecule has 0 bridgehead atoms. The van der Waals surface area contributed by atoms with E-state index in [-0.39, 0.29) is 11.7 Å². The van der Waals surface area contributed by atoms with Gasteiger partial charge in [-0.15, -0.1) is 0 Å². The highest BCUT2D eigenvalue weighted by Gasteiger charge is 2.25. The number of phenolic OH excluding ortho intramolecular Hbond substituents is 1. The van der Waals surface area contributed by atoms with Crippen molar-refractivity contribution in [3.63, 3.8) is 0 Å². The van der Waals surface area contributed by atoms with Gasteiger partial charge in [-0.05, 0) is 35.7 Å². The van der Waals surface area contributed by atoms with E-state index in [2.05, 4.69) is 17.4 Å². The molecule has 1 atom stereocenters. The Balaban J connectivity index is 1.61. The van der Waals surface area contributed by atoms with Crippen LogP contribution in [0, 0.1) is 0 Å². The Morgan fingerprint density at radius 1 is 1.21 bits per heavy atom. The molecule has 0 spiro atoms. The summed E-state index contributed by atoms with van der Waals surface area (Å²) in [4.78, 5) is 11.9. The average Bonchev–Trinajstić information content (AvgIpc) is 2.39. The van der Waals surface area contributed by atoms with E-state index >= 15 is 0 Å². The van der Waals surface area contributed by atoms with E-state index in [9.17, 15) is 9.90 Å². The van der Waals surface area contributed by atoms with Crippen molar-refractivity contribution in [2.24, 2.45) is 0 Å². The molecule has 0 aliphatic heterocycles. The minimum Gasteiger partial charge on any atom is -0.508 e. The molecule has 0 fully saturated rings. The quantitative estimate of drug-likeness (QED) is 0.882. The molecule has 3 heteroatoms. The molecule has 0 aromatic heterocycles. The van der Waals surface area contributed by atoms with Crippen LogP contribution < -0.4 is 5.32 Å². The monoisotopic (exact) mass is 253 g/mol. The van der Waals surface area contributed by atoms with E-state index in [1.54, 1.807) is 18.2 Å². The summed E-state index contributed by atoms with van der Waals surface area (Å²) in [6.07, 6.45) is 1.02. The predicted molar refractivity (Wildman–Crippen MR) is 73.3 cm³/mol. The number of fused-ring (bicyclic) bond motifs is 1. The summed E-state index contributed by atoms with van der Waals surface area (Å²) < 4.78 is 0. The van der Waals surface area contributed by atoms with E-state index in [1.165, 1.54) is 17.2 Å². The zero-order chi connectivity index (χ0) is 13.2. The summed E-state index contributed by atoms with van der Waals surface area (Å²) in [7, 11) is 0. The van der Waals surface area contributed by atoms with Gasteiger partial charge in [0.05, 0.1) is 0 Å². The zero-order valence-electron chi connectivity index (χ0n) is 10.5. The van der Waals surface area contributed by atoms with Crippen molar-refractivity contribution < 1.29 is 9.90 Å². The highest BCUT2D eigenvalue weighted by molar-refractivity contribution is 5.94. The maximum Gasteiger partial charge on any atom is 0.251 e. The molecule has 1 aliphatic rings.